The Bertz CT molecular complexity index is 864. The molecule has 29 heavy (non-hydrogen) atoms. The van der Waals surface area contributed by atoms with Crippen LogP contribution in [0.3, 0.4) is 0 Å². The zero-order valence-electron chi connectivity index (χ0n) is 17.3. The highest BCUT2D eigenvalue weighted by Crippen LogP contribution is 2.28. The van der Waals surface area contributed by atoms with Crippen molar-refractivity contribution in [2.45, 2.75) is 39.3 Å². The number of nitrogens with zero attached hydrogens (tertiary/aromatic N) is 2. The molecule has 2 heterocycles. The van der Waals surface area contributed by atoms with E-state index >= 15 is 0 Å². The van der Waals surface area contributed by atoms with E-state index in [9.17, 15) is 9.59 Å². The van der Waals surface area contributed by atoms with Gasteiger partial charge in [-0.3, -0.25) is 9.59 Å². The third-order valence-electron chi connectivity index (χ3n) is 5.27. The quantitative estimate of drug-likeness (QED) is 0.661. The van der Waals surface area contributed by atoms with E-state index in [-0.39, 0.29) is 24.7 Å². The summed E-state index contributed by atoms with van der Waals surface area (Å²) in [6.07, 6.45) is 1.39. The van der Waals surface area contributed by atoms with Crippen LogP contribution in [0.25, 0.3) is 0 Å². The lowest BCUT2D eigenvalue weighted by atomic mass is 10.1. The van der Waals surface area contributed by atoms with Crippen molar-refractivity contribution < 1.29 is 19.1 Å². The summed E-state index contributed by atoms with van der Waals surface area (Å²) < 4.78 is 10.6. The molecule has 1 aliphatic heterocycles. The van der Waals surface area contributed by atoms with Crippen LogP contribution in [-0.2, 0) is 29.1 Å². The minimum absolute atomic E-state index is 0.0103. The van der Waals surface area contributed by atoms with Crippen molar-refractivity contribution in [1.29, 1.82) is 0 Å². The molecule has 1 aromatic heterocycles. The van der Waals surface area contributed by atoms with Gasteiger partial charge < -0.3 is 19.3 Å². The van der Waals surface area contributed by atoms with Gasteiger partial charge in [-0.2, -0.15) is 0 Å². The molecule has 0 aliphatic carbocycles. The van der Waals surface area contributed by atoms with Crippen LogP contribution in [0.1, 0.15) is 35.8 Å². The van der Waals surface area contributed by atoms with Gasteiger partial charge >= 0.3 is 0 Å². The van der Waals surface area contributed by atoms with E-state index < -0.39 is 0 Å². The second-order valence-corrected chi connectivity index (χ2v) is 8.03. The Morgan fingerprint density at radius 3 is 2.66 bits per heavy atom. The lowest BCUT2D eigenvalue weighted by molar-refractivity contribution is -0.137. The summed E-state index contributed by atoms with van der Waals surface area (Å²) in [5.41, 5.74) is 2.20. The van der Waals surface area contributed by atoms with Gasteiger partial charge in [0.1, 0.15) is 0 Å². The topological polar surface area (TPSA) is 59.1 Å². The number of methoxy groups -OCH3 is 2. The molecule has 0 saturated carbocycles. The first-order valence-electron chi connectivity index (χ1n) is 9.87. The molecule has 156 valence electrons. The SMILES string of the molecule is CCN(Cc1ccc(OC)c(OC)c1)C(=O)CCC(=O)N1CCc2sccc2C1. The van der Waals surface area contributed by atoms with E-state index in [4.69, 9.17) is 9.47 Å². The van der Waals surface area contributed by atoms with Gasteiger partial charge in [0.2, 0.25) is 11.8 Å². The van der Waals surface area contributed by atoms with E-state index in [1.165, 1.54) is 10.4 Å². The average Bonchev–Trinajstić information content (AvgIpc) is 3.23. The molecule has 2 aromatic rings. The first-order chi connectivity index (χ1) is 14.0. The monoisotopic (exact) mass is 416 g/mol. The Kier molecular flexibility index (Phi) is 7.14. The Labute approximate surface area is 176 Å². The predicted molar refractivity (Wildman–Crippen MR) is 113 cm³/mol. The van der Waals surface area contributed by atoms with Crippen LogP contribution in [-0.4, -0.2) is 48.9 Å². The van der Waals surface area contributed by atoms with Crippen molar-refractivity contribution >= 4 is 23.2 Å². The fourth-order valence-electron chi connectivity index (χ4n) is 3.57. The summed E-state index contributed by atoms with van der Waals surface area (Å²) >= 11 is 1.75. The van der Waals surface area contributed by atoms with Gasteiger partial charge in [-0.15, -0.1) is 11.3 Å². The number of carbonyl (C=O) groups excluding carboxylic acids is 2. The largest absolute Gasteiger partial charge is 0.493 e. The fourth-order valence-corrected chi connectivity index (χ4v) is 4.46. The van der Waals surface area contributed by atoms with Crippen molar-refractivity contribution in [1.82, 2.24) is 9.80 Å². The minimum atomic E-state index is -0.0103. The van der Waals surface area contributed by atoms with Gasteiger partial charge in [0, 0.05) is 43.9 Å². The first-order valence-corrected chi connectivity index (χ1v) is 10.7. The minimum Gasteiger partial charge on any atom is -0.493 e. The highest BCUT2D eigenvalue weighted by Gasteiger charge is 2.23. The Balaban J connectivity index is 1.54. The second kappa shape index (κ2) is 9.78. The summed E-state index contributed by atoms with van der Waals surface area (Å²) in [4.78, 5) is 30.3. The normalized spacial score (nSPS) is 13.0. The smallest absolute Gasteiger partial charge is 0.223 e. The molecule has 0 saturated heterocycles. The van der Waals surface area contributed by atoms with Gasteiger partial charge in [-0.1, -0.05) is 6.07 Å². The van der Waals surface area contributed by atoms with Crippen LogP contribution < -0.4 is 9.47 Å². The molecule has 1 aliphatic rings. The number of benzene rings is 1. The van der Waals surface area contributed by atoms with Crippen LogP contribution in [0.15, 0.2) is 29.6 Å². The highest BCUT2D eigenvalue weighted by atomic mass is 32.1. The molecular formula is C22H28N2O4S. The van der Waals surface area contributed by atoms with Crippen LogP contribution in [0.2, 0.25) is 0 Å². The zero-order valence-corrected chi connectivity index (χ0v) is 18.1. The number of ether oxygens (including phenoxy) is 2. The molecule has 0 N–H and O–H groups in total. The standard InChI is InChI=1S/C22H28N2O4S/c1-4-23(14-16-5-6-18(27-2)19(13-16)28-3)21(25)7-8-22(26)24-11-9-20-17(15-24)10-12-29-20/h5-6,10,12-13H,4,7-9,11,14-15H2,1-3H3. The summed E-state index contributed by atoms with van der Waals surface area (Å²) in [7, 11) is 3.19. The van der Waals surface area contributed by atoms with E-state index in [1.807, 2.05) is 30.0 Å². The zero-order chi connectivity index (χ0) is 20.8. The average molecular weight is 417 g/mol. The molecule has 0 atom stereocenters. The molecule has 7 heteroatoms. The van der Waals surface area contributed by atoms with E-state index in [2.05, 4.69) is 11.4 Å². The van der Waals surface area contributed by atoms with Crippen LogP contribution in [0.4, 0.5) is 0 Å². The number of rotatable bonds is 8. The fraction of sp³-hybridized carbons (Fsp3) is 0.455. The summed E-state index contributed by atoms with van der Waals surface area (Å²) in [5.74, 6) is 1.34. The number of hydrogen-bond donors (Lipinski definition) is 0. The predicted octanol–water partition coefficient (Wildman–Crippen LogP) is 3.48. The third kappa shape index (κ3) is 5.09. The summed E-state index contributed by atoms with van der Waals surface area (Å²) in [5, 5.41) is 2.08. The number of thiophene rings is 1. The Hall–Kier alpha value is -2.54. The maximum absolute atomic E-state index is 12.7. The molecule has 6 nitrogen and oxygen atoms in total. The molecule has 2 amide bonds. The highest BCUT2D eigenvalue weighted by molar-refractivity contribution is 7.10. The molecule has 3 rings (SSSR count). The maximum Gasteiger partial charge on any atom is 0.223 e. The lowest BCUT2D eigenvalue weighted by Gasteiger charge is -2.27. The van der Waals surface area contributed by atoms with Crippen molar-refractivity contribution in [2.24, 2.45) is 0 Å². The third-order valence-corrected chi connectivity index (χ3v) is 6.29. The van der Waals surface area contributed by atoms with Crippen molar-refractivity contribution in [3.05, 3.63) is 45.6 Å². The van der Waals surface area contributed by atoms with Crippen molar-refractivity contribution in [2.75, 3.05) is 27.3 Å². The van der Waals surface area contributed by atoms with Crippen LogP contribution >= 0.6 is 11.3 Å². The van der Waals surface area contributed by atoms with E-state index in [1.54, 1.807) is 30.5 Å². The Morgan fingerprint density at radius 1 is 1.14 bits per heavy atom. The first kappa shape index (κ1) is 21.2. The maximum atomic E-state index is 12.7. The van der Waals surface area contributed by atoms with Crippen molar-refractivity contribution in [3.63, 3.8) is 0 Å². The number of amides is 2. The molecule has 0 bridgehead atoms. The van der Waals surface area contributed by atoms with Crippen LogP contribution in [0.5, 0.6) is 11.5 Å². The molecular weight excluding hydrogens is 388 g/mol. The van der Waals surface area contributed by atoms with Gasteiger partial charge in [0.25, 0.3) is 0 Å². The Morgan fingerprint density at radius 2 is 1.93 bits per heavy atom. The molecule has 0 unspecified atom stereocenters. The molecule has 0 radical (unpaired) electrons. The van der Waals surface area contributed by atoms with Gasteiger partial charge in [-0.05, 0) is 48.1 Å². The van der Waals surface area contributed by atoms with Crippen LogP contribution in [0, 0.1) is 0 Å². The van der Waals surface area contributed by atoms with Gasteiger partial charge in [0.05, 0.1) is 14.2 Å². The molecule has 0 fully saturated rings. The molecule has 1 aromatic carbocycles. The second-order valence-electron chi connectivity index (χ2n) is 7.03. The van der Waals surface area contributed by atoms with E-state index in [0.717, 1.165) is 18.5 Å². The van der Waals surface area contributed by atoms with E-state index in [0.29, 0.717) is 31.1 Å². The number of fused-ring (bicyclic) bond motifs is 1. The lowest BCUT2D eigenvalue weighted by Crippen LogP contribution is -2.36. The number of hydrogen-bond acceptors (Lipinski definition) is 5. The molecule has 0 spiro atoms. The van der Waals surface area contributed by atoms with Gasteiger partial charge in [-0.25, -0.2) is 0 Å². The summed E-state index contributed by atoms with van der Waals surface area (Å²) in [6, 6.07) is 7.73. The van der Waals surface area contributed by atoms with Gasteiger partial charge in [0.15, 0.2) is 11.5 Å². The van der Waals surface area contributed by atoms with Crippen molar-refractivity contribution in [3.8, 4) is 11.5 Å². The number of carbonyl (C=O) groups is 2. The summed E-state index contributed by atoms with van der Waals surface area (Å²) in [6.45, 7) is 4.41.